The predicted octanol–water partition coefficient (Wildman–Crippen LogP) is 2.19. The second-order valence-corrected chi connectivity index (χ2v) is 7.11. The summed E-state index contributed by atoms with van der Waals surface area (Å²) >= 11 is 0. The summed E-state index contributed by atoms with van der Waals surface area (Å²) < 4.78 is 19.8. The number of anilines is 3. The van der Waals surface area contributed by atoms with E-state index < -0.39 is 11.7 Å². The number of nitrogens with two attached hydrogens (primary N) is 2. The molecule has 30 heavy (non-hydrogen) atoms. The predicted molar refractivity (Wildman–Crippen MR) is 107 cm³/mol. The van der Waals surface area contributed by atoms with Gasteiger partial charge in [0.25, 0.3) is 5.91 Å². The first kappa shape index (κ1) is 19.7. The Hall–Kier alpha value is -3.60. The van der Waals surface area contributed by atoms with Crippen LogP contribution in [-0.4, -0.2) is 38.2 Å². The molecule has 1 fully saturated rings. The van der Waals surface area contributed by atoms with Gasteiger partial charge in [-0.15, -0.1) is 10.2 Å². The van der Waals surface area contributed by atoms with E-state index in [1.54, 1.807) is 12.3 Å². The molecule has 6 N–H and O–H groups in total. The molecule has 156 valence electrons. The van der Waals surface area contributed by atoms with Crippen LogP contribution in [0.1, 0.15) is 36.0 Å². The van der Waals surface area contributed by atoms with Gasteiger partial charge in [0.15, 0.2) is 11.6 Å². The van der Waals surface area contributed by atoms with Crippen molar-refractivity contribution < 1.29 is 13.6 Å². The first-order valence-electron chi connectivity index (χ1n) is 9.52. The highest BCUT2D eigenvalue weighted by Gasteiger charge is 2.24. The molecule has 1 amide bonds. The van der Waals surface area contributed by atoms with Gasteiger partial charge in [0, 0.05) is 18.3 Å². The highest BCUT2D eigenvalue weighted by molar-refractivity contribution is 5.98. The van der Waals surface area contributed by atoms with E-state index in [-0.39, 0.29) is 35.2 Å². The molecule has 0 unspecified atom stereocenters. The number of aromatic nitrogens is 4. The zero-order valence-electron chi connectivity index (χ0n) is 16.0. The molecule has 2 atom stereocenters. The monoisotopic (exact) mass is 412 g/mol. The normalized spacial score (nSPS) is 18.7. The fourth-order valence-corrected chi connectivity index (χ4v) is 3.45. The van der Waals surface area contributed by atoms with E-state index in [4.69, 9.17) is 15.9 Å². The molecule has 1 aliphatic carbocycles. The Kier molecular flexibility index (Phi) is 5.53. The van der Waals surface area contributed by atoms with Gasteiger partial charge in [0.1, 0.15) is 5.82 Å². The van der Waals surface area contributed by atoms with Crippen molar-refractivity contribution >= 4 is 23.2 Å². The number of hydrogen-bond acceptors (Lipinski definition) is 9. The number of carbonyl (C=O) groups is 1. The van der Waals surface area contributed by atoms with Crippen LogP contribution in [0.2, 0.25) is 0 Å². The maximum Gasteiger partial charge on any atom is 0.252 e. The lowest BCUT2D eigenvalue weighted by atomic mass is 9.91. The fourth-order valence-electron chi connectivity index (χ4n) is 3.45. The Morgan fingerprint density at radius 2 is 2.03 bits per heavy atom. The van der Waals surface area contributed by atoms with Crippen molar-refractivity contribution in [3.05, 3.63) is 42.3 Å². The number of pyridine rings is 2. The van der Waals surface area contributed by atoms with E-state index >= 15 is 0 Å². The summed E-state index contributed by atoms with van der Waals surface area (Å²) in [5.74, 6) is -1.11. The van der Waals surface area contributed by atoms with Crippen LogP contribution in [-0.2, 0) is 0 Å². The molecule has 0 saturated heterocycles. The third kappa shape index (κ3) is 4.20. The van der Waals surface area contributed by atoms with Crippen molar-refractivity contribution in [1.82, 2.24) is 20.2 Å². The second-order valence-electron chi connectivity index (χ2n) is 7.11. The van der Waals surface area contributed by atoms with E-state index in [2.05, 4.69) is 30.8 Å². The number of rotatable bonds is 6. The van der Waals surface area contributed by atoms with Crippen molar-refractivity contribution in [2.45, 2.75) is 37.8 Å². The Bertz CT molecular complexity index is 1040. The number of amides is 1. The summed E-state index contributed by atoms with van der Waals surface area (Å²) in [6, 6.07) is 2.54. The summed E-state index contributed by atoms with van der Waals surface area (Å²) in [6.07, 6.45) is 7.99. The van der Waals surface area contributed by atoms with Crippen LogP contribution < -0.4 is 22.1 Å². The molecular weight excluding hydrogens is 391 g/mol. The Labute approximate surface area is 171 Å². The Morgan fingerprint density at radius 3 is 2.77 bits per heavy atom. The number of hydrogen-bond donors (Lipinski definition) is 4. The van der Waals surface area contributed by atoms with Crippen LogP contribution in [0.15, 0.2) is 35.3 Å². The van der Waals surface area contributed by atoms with Crippen molar-refractivity contribution in [2.24, 2.45) is 11.5 Å². The molecule has 1 saturated carbocycles. The van der Waals surface area contributed by atoms with Gasteiger partial charge in [-0.05, 0) is 25.0 Å². The summed E-state index contributed by atoms with van der Waals surface area (Å²) in [5.41, 5.74) is 12.5. The first-order valence-corrected chi connectivity index (χ1v) is 9.52. The number of halogens is 1. The lowest BCUT2D eigenvalue weighted by molar-refractivity contribution is 0.100. The lowest BCUT2D eigenvalue weighted by Gasteiger charge is -2.30. The van der Waals surface area contributed by atoms with Gasteiger partial charge >= 0.3 is 0 Å². The minimum atomic E-state index is -0.814. The minimum Gasteiger partial charge on any atom is -0.423 e. The summed E-state index contributed by atoms with van der Waals surface area (Å²) in [4.78, 5) is 20.2. The molecule has 3 aromatic heterocycles. The molecule has 11 heteroatoms. The van der Waals surface area contributed by atoms with Crippen molar-refractivity contribution in [3.8, 4) is 11.5 Å². The van der Waals surface area contributed by atoms with Gasteiger partial charge in [-0.25, -0.2) is 9.37 Å². The first-order chi connectivity index (χ1) is 14.5. The van der Waals surface area contributed by atoms with Crippen LogP contribution in [0.4, 0.5) is 21.7 Å². The molecule has 1 aliphatic rings. The molecule has 0 aliphatic heterocycles. The van der Waals surface area contributed by atoms with E-state index in [1.807, 2.05) is 0 Å². The largest absolute Gasteiger partial charge is 0.423 e. The van der Waals surface area contributed by atoms with Gasteiger partial charge in [0.05, 0.1) is 23.0 Å². The van der Waals surface area contributed by atoms with E-state index in [0.717, 1.165) is 31.7 Å². The second kappa shape index (κ2) is 8.41. The number of nitrogens with one attached hydrogen (secondary N) is 2. The van der Waals surface area contributed by atoms with Crippen LogP contribution in [0, 0.1) is 5.82 Å². The quantitative estimate of drug-likeness (QED) is 0.476. The average Bonchev–Trinajstić information content (AvgIpc) is 3.27. The number of primary amides is 1. The third-order valence-electron chi connectivity index (χ3n) is 4.99. The Balaban J connectivity index is 1.64. The topological polar surface area (TPSA) is 158 Å². The zero-order valence-corrected chi connectivity index (χ0v) is 16.0. The zero-order chi connectivity index (χ0) is 21.1. The van der Waals surface area contributed by atoms with Gasteiger partial charge < -0.3 is 26.5 Å². The summed E-state index contributed by atoms with van der Waals surface area (Å²) in [7, 11) is 0. The smallest absolute Gasteiger partial charge is 0.252 e. The molecular formula is C19H21FN8O2. The van der Waals surface area contributed by atoms with Crippen molar-refractivity contribution in [1.29, 1.82) is 0 Å². The van der Waals surface area contributed by atoms with Crippen LogP contribution >= 0.6 is 0 Å². The maximum absolute atomic E-state index is 14.6. The minimum absolute atomic E-state index is 0.00543. The molecule has 0 aromatic carbocycles. The van der Waals surface area contributed by atoms with Gasteiger partial charge in [-0.3, -0.25) is 9.78 Å². The molecule has 0 bridgehead atoms. The molecule has 10 nitrogen and oxygen atoms in total. The molecule has 0 radical (unpaired) electrons. The van der Waals surface area contributed by atoms with Crippen LogP contribution in [0.5, 0.6) is 0 Å². The van der Waals surface area contributed by atoms with E-state index in [0.29, 0.717) is 11.3 Å². The SMILES string of the molecule is NC(=O)c1cc(F)c(N[C@H]2CCCC[C@H]2N)nc1Nc1cncc(-c2nnco2)c1. The fraction of sp³-hybridized carbons (Fsp3) is 0.316. The average molecular weight is 412 g/mol. The molecule has 4 rings (SSSR count). The molecule has 3 aromatic rings. The van der Waals surface area contributed by atoms with Gasteiger partial charge in [-0.2, -0.15) is 0 Å². The van der Waals surface area contributed by atoms with Crippen LogP contribution in [0.3, 0.4) is 0 Å². The number of nitrogens with zero attached hydrogens (tertiary/aromatic N) is 4. The van der Waals surface area contributed by atoms with Crippen molar-refractivity contribution in [2.75, 3.05) is 10.6 Å². The van der Waals surface area contributed by atoms with Gasteiger partial charge in [-0.1, -0.05) is 12.8 Å². The third-order valence-corrected chi connectivity index (χ3v) is 4.99. The van der Waals surface area contributed by atoms with Crippen LogP contribution in [0.25, 0.3) is 11.5 Å². The summed E-state index contributed by atoms with van der Waals surface area (Å²) in [6.45, 7) is 0. The lowest BCUT2D eigenvalue weighted by Crippen LogP contribution is -2.43. The highest BCUT2D eigenvalue weighted by atomic mass is 19.1. The van der Waals surface area contributed by atoms with Gasteiger partial charge in [0.2, 0.25) is 12.3 Å². The van der Waals surface area contributed by atoms with E-state index in [1.165, 1.54) is 12.6 Å². The molecule has 3 heterocycles. The molecule has 0 spiro atoms. The standard InChI is InChI=1S/C19H21FN8O2/c20-13-6-12(16(22)29)17(27-18(13)26-15-4-2-1-3-14(15)21)25-11-5-10(7-23-8-11)19-28-24-9-30-19/h5-9,14-15H,1-4,21H2,(H2,22,29)(H2,25,26,27)/t14-,15+/m1/s1. The maximum atomic E-state index is 14.6. The van der Waals surface area contributed by atoms with Crippen molar-refractivity contribution in [3.63, 3.8) is 0 Å². The van der Waals surface area contributed by atoms with E-state index in [9.17, 15) is 9.18 Å². The highest BCUT2D eigenvalue weighted by Crippen LogP contribution is 2.27. The Morgan fingerprint density at radius 1 is 1.20 bits per heavy atom. The number of carbonyl (C=O) groups excluding carboxylic acids is 1. The summed E-state index contributed by atoms with van der Waals surface area (Å²) in [5, 5.41) is 13.5.